The number of piperidine rings is 1. The summed E-state index contributed by atoms with van der Waals surface area (Å²) in [5.74, 6) is 1.87. The number of rotatable bonds is 4. The lowest BCUT2D eigenvalue weighted by molar-refractivity contribution is -0.148. The zero-order chi connectivity index (χ0) is 21.0. The van der Waals surface area contributed by atoms with Crippen LogP contribution in [0.5, 0.6) is 0 Å². The molecule has 3 heteroatoms. The van der Waals surface area contributed by atoms with Gasteiger partial charge in [-0.15, -0.1) is 0 Å². The molecule has 1 aliphatic heterocycles. The number of hydrogen-bond donors (Lipinski definition) is 2. The molecular weight excluding hydrogens is 368 g/mol. The maximum atomic E-state index is 13.6. The lowest BCUT2D eigenvalue weighted by Gasteiger charge is -2.63. The molecule has 1 amide bonds. The molecule has 1 saturated heterocycles. The Kier molecular flexibility index (Phi) is 5.04. The van der Waals surface area contributed by atoms with Gasteiger partial charge in [-0.25, -0.2) is 0 Å². The number of benzene rings is 1. The van der Waals surface area contributed by atoms with E-state index in [0.717, 1.165) is 25.9 Å². The molecule has 1 heterocycles. The van der Waals surface area contributed by atoms with Crippen molar-refractivity contribution in [2.24, 2.45) is 28.6 Å². The first kappa shape index (κ1) is 20.5. The quantitative estimate of drug-likeness (QED) is 0.731. The monoisotopic (exact) mass is 408 g/mol. The molecule has 1 aromatic rings. The Morgan fingerprint density at radius 3 is 2.70 bits per heavy atom. The zero-order valence-corrected chi connectivity index (χ0v) is 19.2. The Labute approximate surface area is 182 Å². The molecule has 3 nitrogen and oxygen atoms in total. The van der Waals surface area contributed by atoms with Crippen LogP contribution in [0.1, 0.15) is 77.7 Å². The average Bonchev–Trinajstić information content (AvgIpc) is 2.74. The molecule has 3 aliphatic carbocycles. The van der Waals surface area contributed by atoms with Crippen LogP contribution in [0, 0.1) is 28.6 Å². The molecule has 30 heavy (non-hydrogen) atoms. The fourth-order valence-corrected chi connectivity index (χ4v) is 8.24. The van der Waals surface area contributed by atoms with E-state index in [1.807, 2.05) is 0 Å². The molecule has 3 bridgehead atoms. The molecule has 4 aliphatic rings. The van der Waals surface area contributed by atoms with Crippen molar-refractivity contribution >= 4 is 5.91 Å². The van der Waals surface area contributed by atoms with Crippen molar-refractivity contribution in [1.82, 2.24) is 10.6 Å². The van der Waals surface area contributed by atoms with E-state index < -0.39 is 0 Å². The second-order valence-corrected chi connectivity index (χ2v) is 11.8. The minimum absolute atomic E-state index is 0.135. The average molecular weight is 409 g/mol. The number of carbonyl (C=O) groups is 1. The van der Waals surface area contributed by atoms with E-state index in [4.69, 9.17) is 0 Å². The Morgan fingerprint density at radius 1 is 1.17 bits per heavy atom. The van der Waals surface area contributed by atoms with Crippen molar-refractivity contribution in [3.8, 4) is 0 Å². The van der Waals surface area contributed by atoms with Crippen molar-refractivity contribution in [3.63, 3.8) is 0 Å². The summed E-state index contributed by atoms with van der Waals surface area (Å²) in [4.78, 5) is 13.6. The smallest absolute Gasteiger partial charge is 0.223 e. The maximum absolute atomic E-state index is 13.6. The van der Waals surface area contributed by atoms with Crippen LogP contribution in [0.2, 0.25) is 0 Å². The highest BCUT2D eigenvalue weighted by Crippen LogP contribution is 2.67. The lowest BCUT2D eigenvalue weighted by Crippen LogP contribution is -2.60. The first-order valence-electron chi connectivity index (χ1n) is 12.4. The Balaban J connectivity index is 1.40. The summed E-state index contributed by atoms with van der Waals surface area (Å²) in [6.07, 6.45) is 9.81. The second-order valence-electron chi connectivity index (χ2n) is 11.8. The van der Waals surface area contributed by atoms with Gasteiger partial charge >= 0.3 is 0 Å². The molecule has 0 radical (unpaired) electrons. The van der Waals surface area contributed by atoms with E-state index >= 15 is 0 Å². The van der Waals surface area contributed by atoms with Crippen molar-refractivity contribution in [2.45, 2.75) is 83.6 Å². The van der Waals surface area contributed by atoms with Gasteiger partial charge in [0.1, 0.15) is 0 Å². The SMILES string of the molecule is CCC12CC3CC(C(=O)NC4CCNCC4(C)C)C1CCC(c1ccccc1)(C3)C2. The molecule has 2 N–H and O–H groups in total. The minimum Gasteiger partial charge on any atom is -0.352 e. The number of nitrogens with one attached hydrogen (secondary N) is 2. The Morgan fingerprint density at radius 2 is 1.97 bits per heavy atom. The van der Waals surface area contributed by atoms with E-state index in [2.05, 4.69) is 61.7 Å². The molecule has 6 atom stereocenters. The highest BCUT2D eigenvalue weighted by atomic mass is 16.2. The third kappa shape index (κ3) is 3.23. The topological polar surface area (TPSA) is 41.1 Å². The van der Waals surface area contributed by atoms with Gasteiger partial charge in [-0.3, -0.25) is 4.79 Å². The van der Waals surface area contributed by atoms with Gasteiger partial charge in [-0.05, 0) is 85.1 Å². The highest BCUT2D eigenvalue weighted by Gasteiger charge is 2.60. The van der Waals surface area contributed by atoms with E-state index in [0.29, 0.717) is 34.6 Å². The fraction of sp³-hybridized carbons (Fsp3) is 0.741. The maximum Gasteiger partial charge on any atom is 0.223 e. The fourth-order valence-electron chi connectivity index (χ4n) is 8.24. The number of fused-ring (bicyclic) bond motifs is 2. The lowest BCUT2D eigenvalue weighted by atomic mass is 9.41. The predicted octanol–water partition coefficient (Wildman–Crippen LogP) is 5.06. The number of amides is 1. The van der Waals surface area contributed by atoms with Crippen LogP contribution in [0.15, 0.2) is 30.3 Å². The zero-order valence-electron chi connectivity index (χ0n) is 19.2. The third-order valence-corrected chi connectivity index (χ3v) is 9.74. The van der Waals surface area contributed by atoms with Crippen LogP contribution in [-0.4, -0.2) is 25.0 Å². The summed E-state index contributed by atoms with van der Waals surface area (Å²) < 4.78 is 0. The van der Waals surface area contributed by atoms with Crippen molar-refractivity contribution in [2.75, 3.05) is 13.1 Å². The summed E-state index contributed by atoms with van der Waals surface area (Å²) in [5.41, 5.74) is 2.41. The number of carbonyl (C=O) groups excluding carboxylic acids is 1. The standard InChI is InChI=1S/C27H40N2O/c1-4-26-15-19-14-21(24(30)29-23-11-13-28-18-25(23,2)3)22(26)10-12-27(16-19,17-26)20-8-6-5-7-9-20/h5-9,19,21-23,28H,4,10-18H2,1-3H3,(H,29,30). The molecule has 5 rings (SSSR count). The molecule has 164 valence electrons. The van der Waals surface area contributed by atoms with Gasteiger partial charge < -0.3 is 10.6 Å². The normalized spacial score (nSPS) is 42.0. The largest absolute Gasteiger partial charge is 0.352 e. The summed E-state index contributed by atoms with van der Waals surface area (Å²) in [5, 5.41) is 7.05. The molecule has 3 saturated carbocycles. The third-order valence-electron chi connectivity index (χ3n) is 9.74. The Bertz CT molecular complexity index is 789. The first-order valence-corrected chi connectivity index (χ1v) is 12.4. The first-order chi connectivity index (χ1) is 14.4. The van der Waals surface area contributed by atoms with Gasteiger partial charge in [0.05, 0.1) is 0 Å². The molecule has 0 spiro atoms. The van der Waals surface area contributed by atoms with Gasteiger partial charge in [-0.1, -0.05) is 57.5 Å². The van der Waals surface area contributed by atoms with Crippen LogP contribution < -0.4 is 10.6 Å². The predicted molar refractivity (Wildman–Crippen MR) is 122 cm³/mol. The van der Waals surface area contributed by atoms with E-state index in [1.165, 1.54) is 38.5 Å². The van der Waals surface area contributed by atoms with Crippen LogP contribution in [0.25, 0.3) is 0 Å². The number of hydrogen-bond acceptors (Lipinski definition) is 2. The molecule has 4 fully saturated rings. The van der Waals surface area contributed by atoms with Gasteiger partial charge in [-0.2, -0.15) is 0 Å². The van der Waals surface area contributed by atoms with Crippen LogP contribution in [0.3, 0.4) is 0 Å². The van der Waals surface area contributed by atoms with E-state index in [-0.39, 0.29) is 11.3 Å². The van der Waals surface area contributed by atoms with Gasteiger partial charge in [0.25, 0.3) is 0 Å². The summed E-state index contributed by atoms with van der Waals surface area (Å²) in [6.45, 7) is 8.99. The summed E-state index contributed by atoms with van der Waals surface area (Å²) in [7, 11) is 0. The van der Waals surface area contributed by atoms with Crippen molar-refractivity contribution < 1.29 is 4.79 Å². The van der Waals surface area contributed by atoms with Gasteiger partial charge in [0.15, 0.2) is 0 Å². The minimum atomic E-state index is 0.135. The van der Waals surface area contributed by atoms with Crippen molar-refractivity contribution in [1.29, 1.82) is 0 Å². The summed E-state index contributed by atoms with van der Waals surface area (Å²) >= 11 is 0. The Hall–Kier alpha value is -1.35. The molecule has 0 aromatic heterocycles. The van der Waals surface area contributed by atoms with E-state index in [1.54, 1.807) is 5.56 Å². The molecule has 6 unspecified atom stereocenters. The summed E-state index contributed by atoms with van der Waals surface area (Å²) in [6, 6.07) is 11.6. The molecular formula is C27H40N2O. The van der Waals surface area contributed by atoms with E-state index in [9.17, 15) is 4.79 Å². The van der Waals surface area contributed by atoms with Gasteiger partial charge in [0, 0.05) is 18.5 Å². The van der Waals surface area contributed by atoms with Gasteiger partial charge in [0.2, 0.25) is 5.91 Å². The van der Waals surface area contributed by atoms with Crippen LogP contribution >= 0.6 is 0 Å². The van der Waals surface area contributed by atoms with Crippen molar-refractivity contribution in [3.05, 3.63) is 35.9 Å². The van der Waals surface area contributed by atoms with Crippen LogP contribution in [-0.2, 0) is 10.2 Å². The molecule has 1 aromatic carbocycles. The second kappa shape index (κ2) is 7.36. The van der Waals surface area contributed by atoms with Crippen LogP contribution in [0.4, 0.5) is 0 Å². The highest BCUT2D eigenvalue weighted by molar-refractivity contribution is 5.80.